The van der Waals surface area contributed by atoms with Crippen molar-refractivity contribution in [2.45, 2.75) is 65.8 Å². The van der Waals surface area contributed by atoms with E-state index >= 15 is 0 Å². The fourth-order valence-electron chi connectivity index (χ4n) is 3.40. The second-order valence-corrected chi connectivity index (χ2v) is 7.12. The van der Waals surface area contributed by atoms with Crippen LogP contribution in [0.2, 0.25) is 0 Å². The lowest BCUT2D eigenvalue weighted by atomic mass is 9.88. The van der Waals surface area contributed by atoms with Crippen LogP contribution in [0, 0.1) is 5.92 Å². The molecule has 0 unspecified atom stereocenters. The first kappa shape index (κ1) is 17.8. The zero-order valence-electron chi connectivity index (χ0n) is 15.5. The zero-order chi connectivity index (χ0) is 18.3. The number of aliphatic hydroxyl groups is 1. The van der Waals surface area contributed by atoms with Crippen LogP contribution in [0.4, 0.5) is 0 Å². The van der Waals surface area contributed by atoms with E-state index in [0.717, 1.165) is 23.8 Å². The van der Waals surface area contributed by atoms with Crippen molar-refractivity contribution >= 4 is 11.0 Å². The lowest BCUT2D eigenvalue weighted by molar-refractivity contribution is 0.0177. The van der Waals surface area contributed by atoms with Crippen LogP contribution in [0.3, 0.4) is 0 Å². The van der Waals surface area contributed by atoms with E-state index in [-0.39, 0.29) is 18.1 Å². The van der Waals surface area contributed by atoms with Gasteiger partial charge in [-0.3, -0.25) is 0 Å². The van der Waals surface area contributed by atoms with E-state index in [4.69, 9.17) is 13.9 Å². The van der Waals surface area contributed by atoms with E-state index in [0.29, 0.717) is 22.6 Å². The molecule has 5 heteroatoms. The van der Waals surface area contributed by atoms with Gasteiger partial charge in [0.15, 0.2) is 5.58 Å². The Balaban J connectivity index is 2.38. The average Bonchev–Trinajstić information content (AvgIpc) is 2.51. The molecule has 2 heterocycles. The third-order valence-corrected chi connectivity index (χ3v) is 4.79. The molecule has 1 aliphatic heterocycles. The summed E-state index contributed by atoms with van der Waals surface area (Å²) >= 11 is 0. The topological polar surface area (TPSA) is 68.9 Å². The van der Waals surface area contributed by atoms with Crippen LogP contribution in [0.1, 0.15) is 58.3 Å². The number of rotatable bonds is 4. The van der Waals surface area contributed by atoms with Crippen LogP contribution >= 0.6 is 0 Å². The molecule has 0 amide bonds. The summed E-state index contributed by atoms with van der Waals surface area (Å²) in [5.41, 5.74) is 1.39. The molecule has 25 heavy (non-hydrogen) atoms. The van der Waals surface area contributed by atoms with Gasteiger partial charge in [-0.2, -0.15) is 0 Å². The number of hydrogen-bond acceptors (Lipinski definition) is 5. The second-order valence-electron chi connectivity index (χ2n) is 7.12. The highest BCUT2D eigenvalue weighted by Crippen LogP contribution is 2.46. The summed E-state index contributed by atoms with van der Waals surface area (Å²) in [5, 5.41) is 11.6. The Hall–Kier alpha value is -2.01. The van der Waals surface area contributed by atoms with Gasteiger partial charge in [0.05, 0.1) is 23.2 Å². The van der Waals surface area contributed by atoms with Crippen LogP contribution in [0.25, 0.3) is 11.0 Å². The number of fused-ring (bicyclic) bond motifs is 3. The standard InChI is InChI=1S/C20H26O5/c1-6-7-13-8-16(21)25-20-17(13)14(23-10(2)3)9-15-18(20)19(22)11(4)12(5)24-15/h8-12,19,22H,6-7H2,1-5H3/t11-,12+,19+/m1/s1. The maximum atomic E-state index is 12.1. The molecule has 0 aliphatic carbocycles. The maximum absolute atomic E-state index is 12.1. The molecule has 136 valence electrons. The van der Waals surface area contributed by atoms with Gasteiger partial charge in [0.1, 0.15) is 17.6 Å². The molecule has 0 bridgehead atoms. The Morgan fingerprint density at radius 1 is 1.28 bits per heavy atom. The minimum Gasteiger partial charge on any atom is -0.490 e. The number of ether oxygens (including phenoxy) is 2. The molecular formula is C20H26O5. The SMILES string of the molecule is CCCc1cc(=O)oc2c3c(cc(OC(C)C)c12)O[C@@H](C)[C@@H](C)[C@@H]3O. The quantitative estimate of drug-likeness (QED) is 0.848. The number of benzene rings is 1. The van der Waals surface area contributed by atoms with Gasteiger partial charge in [0.2, 0.25) is 0 Å². The first-order valence-electron chi connectivity index (χ1n) is 8.98. The number of aliphatic hydroxyl groups excluding tert-OH is 1. The summed E-state index contributed by atoms with van der Waals surface area (Å²) in [6.07, 6.45) is 0.695. The molecule has 0 fully saturated rings. The lowest BCUT2D eigenvalue weighted by Crippen LogP contribution is -2.32. The molecular weight excluding hydrogens is 320 g/mol. The fourth-order valence-corrected chi connectivity index (χ4v) is 3.40. The predicted molar refractivity (Wildman–Crippen MR) is 96.5 cm³/mol. The van der Waals surface area contributed by atoms with Gasteiger partial charge >= 0.3 is 5.63 Å². The Morgan fingerprint density at radius 3 is 2.64 bits per heavy atom. The van der Waals surface area contributed by atoms with E-state index < -0.39 is 11.7 Å². The molecule has 0 radical (unpaired) electrons. The van der Waals surface area contributed by atoms with E-state index in [9.17, 15) is 9.90 Å². The van der Waals surface area contributed by atoms with Crippen molar-refractivity contribution in [2.24, 2.45) is 5.92 Å². The van der Waals surface area contributed by atoms with Crippen LogP contribution in [0.5, 0.6) is 11.5 Å². The normalized spacial score (nSPS) is 22.8. The molecule has 0 saturated carbocycles. The predicted octanol–water partition coefficient (Wildman–Crippen LogP) is 3.98. The van der Waals surface area contributed by atoms with Gasteiger partial charge in [-0.05, 0) is 32.8 Å². The summed E-state index contributed by atoms with van der Waals surface area (Å²) in [6, 6.07) is 3.34. The van der Waals surface area contributed by atoms with E-state index in [1.807, 2.05) is 33.8 Å². The minimum absolute atomic E-state index is 0.0347. The molecule has 3 rings (SSSR count). The van der Waals surface area contributed by atoms with Crippen molar-refractivity contribution < 1.29 is 19.0 Å². The molecule has 0 spiro atoms. The number of aryl methyl sites for hydroxylation is 1. The average molecular weight is 346 g/mol. The summed E-state index contributed by atoms with van der Waals surface area (Å²) in [6.45, 7) is 9.81. The lowest BCUT2D eigenvalue weighted by Gasteiger charge is -2.34. The Labute approximate surface area is 147 Å². The second kappa shape index (κ2) is 6.71. The van der Waals surface area contributed by atoms with E-state index in [1.54, 1.807) is 0 Å². The Bertz CT molecular complexity index is 836. The molecule has 1 N–H and O–H groups in total. The van der Waals surface area contributed by atoms with Gasteiger partial charge < -0.3 is 19.0 Å². The van der Waals surface area contributed by atoms with Crippen molar-refractivity contribution in [1.29, 1.82) is 0 Å². The maximum Gasteiger partial charge on any atom is 0.336 e. The summed E-state index contributed by atoms with van der Waals surface area (Å²) in [7, 11) is 0. The highest BCUT2D eigenvalue weighted by molar-refractivity contribution is 5.91. The first-order chi connectivity index (χ1) is 11.8. The number of hydrogen-bond donors (Lipinski definition) is 1. The minimum atomic E-state index is -0.755. The molecule has 1 aliphatic rings. The molecule has 3 atom stereocenters. The Kier molecular flexibility index (Phi) is 4.78. The highest BCUT2D eigenvalue weighted by atomic mass is 16.5. The van der Waals surface area contributed by atoms with Crippen LogP contribution in [0.15, 0.2) is 21.3 Å². The van der Waals surface area contributed by atoms with Crippen LogP contribution < -0.4 is 15.1 Å². The third-order valence-electron chi connectivity index (χ3n) is 4.79. The third kappa shape index (κ3) is 3.13. The van der Waals surface area contributed by atoms with E-state index in [1.165, 1.54) is 6.07 Å². The highest BCUT2D eigenvalue weighted by Gasteiger charge is 2.36. The first-order valence-corrected chi connectivity index (χ1v) is 8.98. The van der Waals surface area contributed by atoms with Gasteiger partial charge in [-0.1, -0.05) is 20.3 Å². The monoisotopic (exact) mass is 346 g/mol. The molecule has 0 saturated heterocycles. The molecule has 2 aromatic rings. The van der Waals surface area contributed by atoms with Gasteiger partial charge in [-0.25, -0.2) is 4.79 Å². The van der Waals surface area contributed by atoms with Crippen molar-refractivity contribution in [2.75, 3.05) is 0 Å². The van der Waals surface area contributed by atoms with Crippen molar-refractivity contribution in [3.63, 3.8) is 0 Å². The summed E-state index contributed by atoms with van der Waals surface area (Å²) in [4.78, 5) is 12.1. The summed E-state index contributed by atoms with van der Waals surface area (Å²) in [5.74, 6) is 1.05. The van der Waals surface area contributed by atoms with Crippen molar-refractivity contribution in [3.8, 4) is 11.5 Å². The smallest absolute Gasteiger partial charge is 0.336 e. The molecule has 5 nitrogen and oxygen atoms in total. The van der Waals surface area contributed by atoms with E-state index in [2.05, 4.69) is 6.92 Å². The Morgan fingerprint density at radius 2 is 2.00 bits per heavy atom. The largest absolute Gasteiger partial charge is 0.490 e. The fraction of sp³-hybridized carbons (Fsp3) is 0.550. The summed E-state index contributed by atoms with van der Waals surface area (Å²) < 4.78 is 17.5. The van der Waals surface area contributed by atoms with Gasteiger partial charge in [0, 0.05) is 18.1 Å². The zero-order valence-corrected chi connectivity index (χ0v) is 15.5. The van der Waals surface area contributed by atoms with Crippen LogP contribution in [-0.2, 0) is 6.42 Å². The van der Waals surface area contributed by atoms with Crippen LogP contribution in [-0.4, -0.2) is 17.3 Å². The van der Waals surface area contributed by atoms with Crippen molar-refractivity contribution in [1.82, 2.24) is 0 Å². The van der Waals surface area contributed by atoms with Gasteiger partial charge in [0.25, 0.3) is 0 Å². The molecule has 1 aromatic carbocycles. The van der Waals surface area contributed by atoms with Gasteiger partial charge in [-0.15, -0.1) is 0 Å². The molecule has 1 aromatic heterocycles. The van der Waals surface area contributed by atoms with Crippen molar-refractivity contribution in [3.05, 3.63) is 33.7 Å².